The molecule has 2 heteroatoms. The minimum absolute atomic E-state index is 0.618. The predicted molar refractivity (Wildman–Crippen MR) is 78.9 cm³/mol. The Morgan fingerprint density at radius 3 is 2.33 bits per heavy atom. The molecule has 1 N–H and O–H groups in total. The van der Waals surface area contributed by atoms with Crippen molar-refractivity contribution in [2.24, 2.45) is 11.3 Å². The highest BCUT2D eigenvalue weighted by atomic mass is 15.2. The average Bonchev–Trinajstić information content (AvgIpc) is 3.08. The summed E-state index contributed by atoms with van der Waals surface area (Å²) in [5.41, 5.74) is 0.618. The summed E-state index contributed by atoms with van der Waals surface area (Å²) in [6.45, 7) is 13.4. The molecule has 0 amide bonds. The fourth-order valence-electron chi connectivity index (χ4n) is 3.44. The van der Waals surface area contributed by atoms with E-state index in [9.17, 15) is 0 Å². The standard InChI is InChI=1S/C16H32N2/c1-5-16(6-2)9-10-18(12-16)15(13(3)4)11-17-14-7-8-14/h13-15,17H,5-12H2,1-4H3. The van der Waals surface area contributed by atoms with Crippen molar-refractivity contribution in [1.29, 1.82) is 0 Å². The number of hydrogen-bond acceptors (Lipinski definition) is 2. The van der Waals surface area contributed by atoms with E-state index in [1.807, 2.05) is 0 Å². The van der Waals surface area contributed by atoms with Crippen LogP contribution in [0.5, 0.6) is 0 Å². The number of nitrogens with one attached hydrogen (secondary N) is 1. The molecule has 1 aliphatic carbocycles. The Morgan fingerprint density at radius 1 is 1.22 bits per heavy atom. The van der Waals surface area contributed by atoms with Gasteiger partial charge in [0.2, 0.25) is 0 Å². The molecular formula is C16H32N2. The van der Waals surface area contributed by atoms with E-state index in [1.54, 1.807) is 0 Å². The molecule has 2 aliphatic rings. The van der Waals surface area contributed by atoms with Crippen LogP contribution in [0, 0.1) is 11.3 Å². The smallest absolute Gasteiger partial charge is 0.0243 e. The topological polar surface area (TPSA) is 15.3 Å². The van der Waals surface area contributed by atoms with Gasteiger partial charge in [-0.3, -0.25) is 4.90 Å². The molecule has 1 heterocycles. The van der Waals surface area contributed by atoms with Crippen LogP contribution in [0.1, 0.15) is 59.8 Å². The molecule has 0 spiro atoms. The van der Waals surface area contributed by atoms with Gasteiger partial charge in [0.25, 0.3) is 0 Å². The van der Waals surface area contributed by atoms with Gasteiger partial charge in [-0.2, -0.15) is 0 Å². The molecule has 1 saturated heterocycles. The van der Waals surface area contributed by atoms with Crippen molar-refractivity contribution in [1.82, 2.24) is 10.2 Å². The average molecular weight is 252 g/mol. The van der Waals surface area contributed by atoms with E-state index in [0.717, 1.165) is 18.0 Å². The number of rotatable bonds is 7. The number of hydrogen-bond donors (Lipinski definition) is 1. The highest BCUT2D eigenvalue weighted by molar-refractivity contribution is 4.93. The van der Waals surface area contributed by atoms with Crippen molar-refractivity contribution in [2.75, 3.05) is 19.6 Å². The molecule has 18 heavy (non-hydrogen) atoms. The summed E-state index contributed by atoms with van der Waals surface area (Å²) in [7, 11) is 0. The van der Waals surface area contributed by atoms with E-state index in [-0.39, 0.29) is 0 Å². The van der Waals surface area contributed by atoms with Crippen molar-refractivity contribution in [3.05, 3.63) is 0 Å². The van der Waals surface area contributed by atoms with Crippen LogP contribution in [0.15, 0.2) is 0 Å². The second kappa shape index (κ2) is 5.92. The van der Waals surface area contributed by atoms with Gasteiger partial charge in [0.1, 0.15) is 0 Å². The summed E-state index contributed by atoms with van der Waals surface area (Å²) in [4.78, 5) is 2.77. The molecule has 2 nitrogen and oxygen atoms in total. The van der Waals surface area contributed by atoms with Crippen molar-refractivity contribution < 1.29 is 0 Å². The van der Waals surface area contributed by atoms with Crippen molar-refractivity contribution >= 4 is 0 Å². The lowest BCUT2D eigenvalue weighted by atomic mass is 9.82. The van der Waals surface area contributed by atoms with Gasteiger partial charge in [-0.15, -0.1) is 0 Å². The SMILES string of the molecule is CCC1(CC)CCN(C(CNC2CC2)C(C)C)C1. The molecule has 1 saturated carbocycles. The molecule has 2 fully saturated rings. The summed E-state index contributed by atoms with van der Waals surface area (Å²) in [6, 6.07) is 1.58. The Bertz CT molecular complexity index is 254. The van der Waals surface area contributed by atoms with E-state index in [1.165, 1.54) is 51.7 Å². The van der Waals surface area contributed by atoms with Crippen LogP contribution in [-0.2, 0) is 0 Å². The third-order valence-electron chi connectivity index (χ3n) is 5.40. The lowest BCUT2D eigenvalue weighted by Crippen LogP contribution is -2.45. The van der Waals surface area contributed by atoms with Crippen LogP contribution in [0.2, 0.25) is 0 Å². The molecule has 1 atom stereocenters. The highest BCUT2D eigenvalue weighted by Gasteiger charge is 2.38. The molecule has 1 unspecified atom stereocenters. The first-order valence-electron chi connectivity index (χ1n) is 8.07. The van der Waals surface area contributed by atoms with Gasteiger partial charge in [0.15, 0.2) is 0 Å². The van der Waals surface area contributed by atoms with Gasteiger partial charge in [-0.05, 0) is 50.0 Å². The molecule has 0 radical (unpaired) electrons. The van der Waals surface area contributed by atoms with E-state index in [4.69, 9.17) is 0 Å². The first-order chi connectivity index (χ1) is 8.60. The zero-order chi connectivity index (χ0) is 13.2. The van der Waals surface area contributed by atoms with Gasteiger partial charge >= 0.3 is 0 Å². The van der Waals surface area contributed by atoms with Crippen molar-refractivity contribution in [3.63, 3.8) is 0 Å². The molecule has 0 bridgehead atoms. The van der Waals surface area contributed by atoms with Gasteiger partial charge in [-0.1, -0.05) is 27.7 Å². The Morgan fingerprint density at radius 2 is 1.89 bits per heavy atom. The summed E-state index contributed by atoms with van der Waals surface area (Å²) in [5, 5.41) is 3.74. The summed E-state index contributed by atoms with van der Waals surface area (Å²) >= 11 is 0. The third kappa shape index (κ3) is 3.27. The highest BCUT2D eigenvalue weighted by Crippen LogP contribution is 2.38. The monoisotopic (exact) mass is 252 g/mol. The molecule has 0 aromatic rings. The molecule has 2 rings (SSSR count). The molecule has 1 aliphatic heterocycles. The lowest BCUT2D eigenvalue weighted by molar-refractivity contribution is 0.156. The Kier molecular flexibility index (Phi) is 4.71. The van der Waals surface area contributed by atoms with Gasteiger partial charge in [-0.25, -0.2) is 0 Å². The lowest BCUT2D eigenvalue weighted by Gasteiger charge is -2.34. The second-order valence-electron chi connectivity index (χ2n) is 6.92. The second-order valence-corrected chi connectivity index (χ2v) is 6.92. The number of nitrogens with zero attached hydrogens (tertiary/aromatic N) is 1. The third-order valence-corrected chi connectivity index (χ3v) is 5.40. The fourth-order valence-corrected chi connectivity index (χ4v) is 3.44. The van der Waals surface area contributed by atoms with Crippen LogP contribution in [0.25, 0.3) is 0 Å². The maximum atomic E-state index is 3.74. The maximum absolute atomic E-state index is 3.74. The molecule has 0 aromatic heterocycles. The predicted octanol–water partition coefficient (Wildman–Crippen LogP) is 3.28. The van der Waals surface area contributed by atoms with E-state index in [0.29, 0.717) is 5.41 Å². The zero-order valence-electron chi connectivity index (χ0n) is 12.8. The summed E-state index contributed by atoms with van der Waals surface area (Å²) in [5.74, 6) is 0.765. The quantitative estimate of drug-likeness (QED) is 0.748. The molecule has 106 valence electrons. The zero-order valence-corrected chi connectivity index (χ0v) is 12.8. The minimum Gasteiger partial charge on any atom is -0.312 e. The van der Waals surface area contributed by atoms with Gasteiger partial charge in [0, 0.05) is 25.2 Å². The van der Waals surface area contributed by atoms with Crippen molar-refractivity contribution in [3.8, 4) is 0 Å². The first-order valence-corrected chi connectivity index (χ1v) is 8.07. The number of likely N-dealkylation sites (tertiary alicyclic amines) is 1. The van der Waals surface area contributed by atoms with Crippen LogP contribution in [-0.4, -0.2) is 36.6 Å². The van der Waals surface area contributed by atoms with E-state index < -0.39 is 0 Å². The van der Waals surface area contributed by atoms with Gasteiger partial charge in [0.05, 0.1) is 0 Å². The maximum Gasteiger partial charge on any atom is 0.0243 e. The Labute approximate surface area is 114 Å². The van der Waals surface area contributed by atoms with E-state index in [2.05, 4.69) is 37.9 Å². The summed E-state index contributed by atoms with van der Waals surface area (Å²) in [6.07, 6.45) is 6.91. The Balaban J connectivity index is 1.90. The van der Waals surface area contributed by atoms with E-state index >= 15 is 0 Å². The first kappa shape index (κ1) is 14.3. The largest absolute Gasteiger partial charge is 0.312 e. The molecular weight excluding hydrogens is 220 g/mol. The minimum atomic E-state index is 0.618. The van der Waals surface area contributed by atoms with Crippen molar-refractivity contribution in [2.45, 2.75) is 71.9 Å². The Hall–Kier alpha value is -0.0800. The van der Waals surface area contributed by atoms with Gasteiger partial charge < -0.3 is 5.32 Å². The van der Waals surface area contributed by atoms with Crippen LogP contribution in [0.3, 0.4) is 0 Å². The van der Waals surface area contributed by atoms with Crippen LogP contribution < -0.4 is 5.32 Å². The van der Waals surface area contributed by atoms with Crippen LogP contribution in [0.4, 0.5) is 0 Å². The van der Waals surface area contributed by atoms with Crippen LogP contribution >= 0.6 is 0 Å². The molecule has 0 aromatic carbocycles. The summed E-state index contributed by atoms with van der Waals surface area (Å²) < 4.78 is 0. The normalized spacial score (nSPS) is 25.8. The fraction of sp³-hybridized carbons (Fsp3) is 1.00.